The van der Waals surface area contributed by atoms with Crippen LogP contribution in [0.1, 0.15) is 21.5 Å². The zero-order valence-electron chi connectivity index (χ0n) is 11.8. The lowest BCUT2D eigenvalue weighted by Gasteiger charge is -2.08. The highest BCUT2D eigenvalue weighted by atomic mass is 32.2. The fraction of sp³-hybridized carbons (Fsp3) is 0.188. The lowest BCUT2D eigenvalue weighted by atomic mass is 10.1. The summed E-state index contributed by atoms with van der Waals surface area (Å²) in [7, 11) is 1.36. The molecule has 0 aliphatic heterocycles. The van der Waals surface area contributed by atoms with Crippen LogP contribution in [0.4, 0.5) is 5.69 Å². The predicted octanol–water partition coefficient (Wildman–Crippen LogP) is 3.82. The average Bonchev–Trinajstić information content (AvgIpc) is 2.44. The Bertz CT molecular complexity index is 653. The van der Waals surface area contributed by atoms with Crippen LogP contribution in [0.15, 0.2) is 46.2 Å². The number of anilines is 1. The number of hydrogen-bond donors (Lipinski definition) is 1. The molecule has 104 valence electrons. The van der Waals surface area contributed by atoms with Gasteiger partial charge in [0.15, 0.2) is 0 Å². The normalized spacial score (nSPS) is 10.3. The number of aryl methyl sites for hydroxylation is 2. The summed E-state index contributed by atoms with van der Waals surface area (Å²) in [5.74, 6) is -0.376. The minimum Gasteiger partial charge on any atom is -0.465 e. The molecule has 0 spiro atoms. The van der Waals surface area contributed by atoms with Gasteiger partial charge in [0, 0.05) is 15.5 Å². The number of hydrogen-bond acceptors (Lipinski definition) is 4. The Kier molecular flexibility index (Phi) is 4.35. The van der Waals surface area contributed by atoms with Crippen molar-refractivity contribution >= 4 is 23.4 Å². The summed E-state index contributed by atoms with van der Waals surface area (Å²) >= 11 is 1.59. The second kappa shape index (κ2) is 6.01. The standard InChI is InChI=1S/C16H17NO2S/c1-10-4-6-13(8-11(10)2)20-15-7-5-12(9-14(15)17)16(18)19-3/h4-9H,17H2,1-3H3. The van der Waals surface area contributed by atoms with Crippen molar-refractivity contribution < 1.29 is 9.53 Å². The van der Waals surface area contributed by atoms with Gasteiger partial charge in [0.25, 0.3) is 0 Å². The topological polar surface area (TPSA) is 52.3 Å². The number of nitrogen functional groups attached to an aromatic ring is 1. The Labute approximate surface area is 123 Å². The van der Waals surface area contributed by atoms with Gasteiger partial charge < -0.3 is 10.5 Å². The molecule has 0 aromatic heterocycles. The van der Waals surface area contributed by atoms with E-state index >= 15 is 0 Å². The van der Waals surface area contributed by atoms with Gasteiger partial charge in [-0.15, -0.1) is 0 Å². The summed E-state index contributed by atoms with van der Waals surface area (Å²) in [6.07, 6.45) is 0. The van der Waals surface area contributed by atoms with Gasteiger partial charge in [-0.2, -0.15) is 0 Å². The van der Waals surface area contributed by atoms with Crippen LogP contribution in [0.3, 0.4) is 0 Å². The number of ether oxygens (including phenoxy) is 1. The van der Waals surface area contributed by atoms with Crippen molar-refractivity contribution in [3.63, 3.8) is 0 Å². The molecule has 0 heterocycles. The molecule has 0 saturated heterocycles. The average molecular weight is 287 g/mol. The largest absolute Gasteiger partial charge is 0.465 e. The van der Waals surface area contributed by atoms with Crippen LogP contribution in [-0.4, -0.2) is 13.1 Å². The van der Waals surface area contributed by atoms with Crippen LogP contribution in [0.25, 0.3) is 0 Å². The molecule has 0 fully saturated rings. The lowest BCUT2D eigenvalue weighted by molar-refractivity contribution is 0.0600. The van der Waals surface area contributed by atoms with Crippen molar-refractivity contribution in [2.45, 2.75) is 23.6 Å². The zero-order valence-corrected chi connectivity index (χ0v) is 12.6. The summed E-state index contributed by atoms with van der Waals surface area (Å²) in [5.41, 5.74) is 9.56. The van der Waals surface area contributed by atoms with Gasteiger partial charge in [-0.3, -0.25) is 0 Å². The van der Waals surface area contributed by atoms with E-state index in [1.165, 1.54) is 18.2 Å². The molecule has 0 radical (unpaired) electrons. The molecule has 4 heteroatoms. The van der Waals surface area contributed by atoms with E-state index < -0.39 is 0 Å². The van der Waals surface area contributed by atoms with Crippen molar-refractivity contribution in [2.24, 2.45) is 0 Å². The maximum Gasteiger partial charge on any atom is 0.337 e. The number of rotatable bonds is 3. The van der Waals surface area contributed by atoms with Crippen LogP contribution in [-0.2, 0) is 4.74 Å². The van der Waals surface area contributed by atoms with Crippen molar-refractivity contribution in [3.05, 3.63) is 53.1 Å². The fourth-order valence-corrected chi connectivity index (χ4v) is 2.73. The summed E-state index contributed by atoms with van der Waals surface area (Å²) in [6, 6.07) is 11.5. The molecule has 2 aromatic carbocycles. The van der Waals surface area contributed by atoms with E-state index in [4.69, 9.17) is 5.73 Å². The fourth-order valence-electron chi connectivity index (χ4n) is 1.79. The van der Waals surface area contributed by atoms with E-state index in [-0.39, 0.29) is 5.97 Å². The molecular weight excluding hydrogens is 270 g/mol. The number of methoxy groups -OCH3 is 1. The van der Waals surface area contributed by atoms with Crippen LogP contribution in [0.5, 0.6) is 0 Å². The molecule has 0 bridgehead atoms. The maximum absolute atomic E-state index is 11.4. The Morgan fingerprint density at radius 3 is 2.45 bits per heavy atom. The third-order valence-electron chi connectivity index (χ3n) is 3.14. The first kappa shape index (κ1) is 14.5. The van der Waals surface area contributed by atoms with Crippen molar-refractivity contribution in [3.8, 4) is 0 Å². The first-order valence-corrected chi connectivity index (χ1v) is 7.06. The third-order valence-corrected chi connectivity index (χ3v) is 4.22. The van der Waals surface area contributed by atoms with Crippen molar-refractivity contribution in [2.75, 3.05) is 12.8 Å². The maximum atomic E-state index is 11.4. The Balaban J connectivity index is 2.25. The molecule has 0 aliphatic carbocycles. The Morgan fingerprint density at radius 2 is 1.85 bits per heavy atom. The number of esters is 1. The zero-order chi connectivity index (χ0) is 14.7. The molecule has 0 amide bonds. The Morgan fingerprint density at radius 1 is 1.10 bits per heavy atom. The van der Waals surface area contributed by atoms with Crippen molar-refractivity contribution in [1.82, 2.24) is 0 Å². The SMILES string of the molecule is COC(=O)c1ccc(Sc2ccc(C)c(C)c2)c(N)c1. The lowest BCUT2D eigenvalue weighted by Crippen LogP contribution is -2.02. The van der Waals surface area contributed by atoms with E-state index in [2.05, 4.69) is 36.8 Å². The molecule has 2 rings (SSSR count). The summed E-state index contributed by atoms with van der Waals surface area (Å²) in [4.78, 5) is 13.5. The van der Waals surface area contributed by atoms with E-state index in [9.17, 15) is 4.79 Å². The molecule has 0 unspecified atom stereocenters. The predicted molar refractivity (Wildman–Crippen MR) is 82.2 cm³/mol. The van der Waals surface area contributed by atoms with Crippen LogP contribution in [0, 0.1) is 13.8 Å². The van der Waals surface area contributed by atoms with Gasteiger partial charge in [-0.25, -0.2) is 4.79 Å². The van der Waals surface area contributed by atoms with Gasteiger partial charge in [0.05, 0.1) is 12.7 Å². The number of carbonyl (C=O) groups is 1. The summed E-state index contributed by atoms with van der Waals surface area (Å²) in [6.45, 7) is 4.17. The molecule has 20 heavy (non-hydrogen) atoms. The molecule has 3 nitrogen and oxygen atoms in total. The number of carbonyl (C=O) groups excluding carboxylic acids is 1. The van der Waals surface area contributed by atoms with Gasteiger partial charge in [0.2, 0.25) is 0 Å². The van der Waals surface area contributed by atoms with Gasteiger partial charge in [-0.1, -0.05) is 17.8 Å². The number of nitrogens with two attached hydrogens (primary N) is 1. The smallest absolute Gasteiger partial charge is 0.337 e. The van der Waals surface area contributed by atoms with Gasteiger partial charge in [-0.05, 0) is 55.3 Å². The highest BCUT2D eigenvalue weighted by Crippen LogP contribution is 2.33. The van der Waals surface area contributed by atoms with Crippen LogP contribution in [0.2, 0.25) is 0 Å². The highest BCUT2D eigenvalue weighted by Gasteiger charge is 2.09. The number of benzene rings is 2. The monoisotopic (exact) mass is 287 g/mol. The molecule has 0 atom stereocenters. The van der Waals surface area contributed by atoms with E-state index in [1.807, 2.05) is 6.07 Å². The minimum absolute atomic E-state index is 0.376. The third kappa shape index (κ3) is 3.14. The molecule has 0 aliphatic rings. The minimum atomic E-state index is -0.376. The van der Waals surface area contributed by atoms with E-state index in [0.29, 0.717) is 11.3 Å². The van der Waals surface area contributed by atoms with E-state index in [0.717, 1.165) is 9.79 Å². The summed E-state index contributed by atoms with van der Waals surface area (Å²) < 4.78 is 4.68. The van der Waals surface area contributed by atoms with Crippen LogP contribution < -0.4 is 5.73 Å². The first-order valence-electron chi connectivity index (χ1n) is 6.24. The van der Waals surface area contributed by atoms with Crippen LogP contribution >= 0.6 is 11.8 Å². The van der Waals surface area contributed by atoms with Gasteiger partial charge in [0.1, 0.15) is 0 Å². The molecule has 2 N–H and O–H groups in total. The molecule has 0 saturated carbocycles. The molecule has 2 aromatic rings. The second-order valence-electron chi connectivity index (χ2n) is 4.59. The second-order valence-corrected chi connectivity index (χ2v) is 5.71. The quantitative estimate of drug-likeness (QED) is 0.688. The first-order chi connectivity index (χ1) is 9.51. The summed E-state index contributed by atoms with van der Waals surface area (Å²) in [5, 5.41) is 0. The highest BCUT2D eigenvalue weighted by molar-refractivity contribution is 7.99. The van der Waals surface area contributed by atoms with E-state index in [1.54, 1.807) is 23.9 Å². The Hall–Kier alpha value is -1.94. The van der Waals surface area contributed by atoms with Crippen molar-refractivity contribution in [1.29, 1.82) is 0 Å². The molecular formula is C16H17NO2S. The van der Waals surface area contributed by atoms with Gasteiger partial charge >= 0.3 is 5.97 Å².